The summed E-state index contributed by atoms with van der Waals surface area (Å²) in [6, 6.07) is 9.79. The second kappa shape index (κ2) is 8.15. The van der Waals surface area contributed by atoms with Crippen LogP contribution < -0.4 is 0 Å². The van der Waals surface area contributed by atoms with Crippen LogP contribution in [-0.2, 0) is 11.3 Å². The molecular weight excluding hydrogens is 274 g/mol. The maximum absolute atomic E-state index is 12.1. The molecule has 1 unspecified atom stereocenters. The second-order valence-corrected chi connectivity index (χ2v) is 5.70. The van der Waals surface area contributed by atoms with E-state index in [0.717, 1.165) is 37.9 Å². The lowest BCUT2D eigenvalue weighted by Crippen LogP contribution is -2.40. The topological polar surface area (TPSA) is 29.5 Å². The monoisotopic (exact) mass is 295 g/mol. The average Bonchev–Trinajstić information content (AvgIpc) is 2.52. The van der Waals surface area contributed by atoms with Gasteiger partial charge in [-0.25, -0.2) is 4.79 Å². The third-order valence-electron chi connectivity index (χ3n) is 3.73. The lowest BCUT2D eigenvalue weighted by molar-refractivity contribution is 0.0779. The van der Waals surface area contributed by atoms with Gasteiger partial charge in [0.05, 0.1) is 0 Å². The zero-order valence-corrected chi connectivity index (χ0v) is 12.5. The standard InChI is InChI=1S/C16H22ClNO2/c17-10-4-8-14-9-5-11-18(12-14)16(19)20-13-15-6-2-1-3-7-15/h1-3,6-7,14H,4-5,8-13H2. The highest BCUT2D eigenvalue weighted by Gasteiger charge is 2.24. The first kappa shape index (κ1) is 15.2. The third kappa shape index (κ3) is 4.71. The largest absolute Gasteiger partial charge is 0.445 e. The van der Waals surface area contributed by atoms with E-state index in [1.807, 2.05) is 35.2 Å². The van der Waals surface area contributed by atoms with Crippen molar-refractivity contribution < 1.29 is 9.53 Å². The Hall–Kier alpha value is -1.22. The molecule has 0 saturated carbocycles. The Labute approximate surface area is 125 Å². The van der Waals surface area contributed by atoms with Crippen molar-refractivity contribution >= 4 is 17.7 Å². The first-order valence-electron chi connectivity index (χ1n) is 7.31. The van der Waals surface area contributed by atoms with E-state index in [1.54, 1.807) is 0 Å². The minimum absolute atomic E-state index is 0.190. The van der Waals surface area contributed by atoms with E-state index in [9.17, 15) is 4.79 Å². The zero-order chi connectivity index (χ0) is 14.2. The van der Waals surface area contributed by atoms with Crippen molar-refractivity contribution in [2.45, 2.75) is 32.3 Å². The van der Waals surface area contributed by atoms with Gasteiger partial charge in [-0.2, -0.15) is 0 Å². The van der Waals surface area contributed by atoms with Crippen molar-refractivity contribution in [1.29, 1.82) is 0 Å². The van der Waals surface area contributed by atoms with Crippen molar-refractivity contribution in [3.05, 3.63) is 35.9 Å². The number of hydrogen-bond acceptors (Lipinski definition) is 2. The number of likely N-dealkylation sites (tertiary alicyclic amines) is 1. The Bertz CT molecular complexity index is 410. The molecule has 1 aromatic rings. The fourth-order valence-electron chi connectivity index (χ4n) is 2.64. The smallest absolute Gasteiger partial charge is 0.410 e. The number of nitrogens with zero attached hydrogens (tertiary/aromatic N) is 1. The number of rotatable bonds is 5. The summed E-state index contributed by atoms with van der Waals surface area (Å²) in [5, 5.41) is 0. The fourth-order valence-corrected chi connectivity index (χ4v) is 2.80. The van der Waals surface area contributed by atoms with E-state index >= 15 is 0 Å². The Balaban J connectivity index is 1.77. The molecule has 0 bridgehead atoms. The normalized spacial score (nSPS) is 18.9. The molecule has 0 spiro atoms. The van der Waals surface area contributed by atoms with Gasteiger partial charge in [0, 0.05) is 19.0 Å². The molecule has 3 nitrogen and oxygen atoms in total. The van der Waals surface area contributed by atoms with Gasteiger partial charge < -0.3 is 9.64 Å². The summed E-state index contributed by atoms with van der Waals surface area (Å²) in [6.07, 6.45) is 4.20. The number of halogens is 1. The number of ether oxygens (including phenoxy) is 1. The molecule has 1 heterocycles. The highest BCUT2D eigenvalue weighted by molar-refractivity contribution is 6.17. The summed E-state index contributed by atoms with van der Waals surface area (Å²) in [6.45, 7) is 1.97. The number of hydrogen-bond donors (Lipinski definition) is 0. The van der Waals surface area contributed by atoms with E-state index in [0.29, 0.717) is 18.4 Å². The van der Waals surface area contributed by atoms with Gasteiger partial charge >= 0.3 is 6.09 Å². The molecule has 1 fully saturated rings. The molecule has 20 heavy (non-hydrogen) atoms. The van der Waals surface area contributed by atoms with Crippen LogP contribution in [0.3, 0.4) is 0 Å². The number of carbonyl (C=O) groups excluding carboxylic acids is 1. The van der Waals surface area contributed by atoms with Crippen molar-refractivity contribution in [2.75, 3.05) is 19.0 Å². The van der Waals surface area contributed by atoms with Crippen LogP contribution in [0.5, 0.6) is 0 Å². The molecule has 1 aromatic carbocycles. The van der Waals surface area contributed by atoms with E-state index in [1.165, 1.54) is 6.42 Å². The minimum Gasteiger partial charge on any atom is -0.445 e. The summed E-state index contributed by atoms with van der Waals surface area (Å²) in [4.78, 5) is 13.9. The molecule has 0 N–H and O–H groups in total. The average molecular weight is 296 g/mol. The first-order chi connectivity index (χ1) is 9.79. The van der Waals surface area contributed by atoms with E-state index in [2.05, 4.69) is 0 Å². The number of amides is 1. The van der Waals surface area contributed by atoms with E-state index < -0.39 is 0 Å². The predicted molar refractivity (Wildman–Crippen MR) is 80.9 cm³/mol. The number of alkyl halides is 1. The Morgan fingerprint density at radius 1 is 1.35 bits per heavy atom. The third-order valence-corrected chi connectivity index (χ3v) is 4.00. The summed E-state index contributed by atoms with van der Waals surface area (Å²) in [7, 11) is 0. The van der Waals surface area contributed by atoms with Gasteiger partial charge in [0.25, 0.3) is 0 Å². The lowest BCUT2D eigenvalue weighted by atomic mass is 9.94. The maximum Gasteiger partial charge on any atom is 0.410 e. The van der Waals surface area contributed by atoms with Gasteiger partial charge in [-0.15, -0.1) is 11.6 Å². The van der Waals surface area contributed by atoms with Gasteiger partial charge in [-0.3, -0.25) is 0 Å². The molecule has 0 radical (unpaired) electrons. The van der Waals surface area contributed by atoms with Gasteiger partial charge in [0.15, 0.2) is 0 Å². The minimum atomic E-state index is -0.190. The van der Waals surface area contributed by atoms with Crippen molar-refractivity contribution in [3.63, 3.8) is 0 Å². The van der Waals surface area contributed by atoms with Gasteiger partial charge in [-0.05, 0) is 37.2 Å². The molecule has 1 aliphatic rings. The Kier molecular flexibility index (Phi) is 6.19. The molecule has 1 saturated heterocycles. The molecule has 1 atom stereocenters. The SMILES string of the molecule is O=C(OCc1ccccc1)N1CCCC(CCCCl)C1. The molecule has 1 aliphatic heterocycles. The Morgan fingerprint density at radius 3 is 2.90 bits per heavy atom. The molecular formula is C16H22ClNO2. The summed E-state index contributed by atoms with van der Waals surface area (Å²) < 4.78 is 5.38. The summed E-state index contributed by atoms with van der Waals surface area (Å²) in [5.74, 6) is 1.28. The van der Waals surface area contributed by atoms with Crippen molar-refractivity contribution in [2.24, 2.45) is 5.92 Å². The van der Waals surface area contributed by atoms with Crippen LogP contribution in [0.2, 0.25) is 0 Å². The molecule has 110 valence electrons. The van der Waals surface area contributed by atoms with Crippen LogP contribution in [0, 0.1) is 5.92 Å². The van der Waals surface area contributed by atoms with Crippen LogP contribution >= 0.6 is 11.6 Å². The van der Waals surface area contributed by atoms with Crippen LogP contribution in [0.1, 0.15) is 31.2 Å². The zero-order valence-electron chi connectivity index (χ0n) is 11.8. The number of piperidine rings is 1. The fraction of sp³-hybridized carbons (Fsp3) is 0.562. The van der Waals surface area contributed by atoms with Crippen LogP contribution in [0.15, 0.2) is 30.3 Å². The molecule has 4 heteroatoms. The molecule has 1 amide bonds. The van der Waals surface area contributed by atoms with E-state index in [-0.39, 0.29) is 6.09 Å². The number of carbonyl (C=O) groups is 1. The lowest BCUT2D eigenvalue weighted by Gasteiger charge is -2.32. The van der Waals surface area contributed by atoms with Crippen LogP contribution in [0.4, 0.5) is 4.79 Å². The predicted octanol–water partition coefficient (Wildman–Crippen LogP) is 4.05. The summed E-state index contributed by atoms with van der Waals surface area (Å²) in [5.41, 5.74) is 1.02. The molecule has 0 aliphatic carbocycles. The van der Waals surface area contributed by atoms with Crippen LogP contribution in [-0.4, -0.2) is 30.0 Å². The van der Waals surface area contributed by atoms with Crippen molar-refractivity contribution in [1.82, 2.24) is 4.90 Å². The maximum atomic E-state index is 12.1. The van der Waals surface area contributed by atoms with Gasteiger partial charge in [0.1, 0.15) is 6.61 Å². The summed E-state index contributed by atoms with van der Waals surface area (Å²) >= 11 is 5.73. The molecule has 0 aromatic heterocycles. The second-order valence-electron chi connectivity index (χ2n) is 5.33. The quantitative estimate of drug-likeness (QED) is 0.767. The van der Waals surface area contributed by atoms with Gasteiger partial charge in [-0.1, -0.05) is 30.3 Å². The highest BCUT2D eigenvalue weighted by Crippen LogP contribution is 2.21. The highest BCUT2D eigenvalue weighted by atomic mass is 35.5. The Morgan fingerprint density at radius 2 is 2.15 bits per heavy atom. The van der Waals surface area contributed by atoms with E-state index in [4.69, 9.17) is 16.3 Å². The first-order valence-corrected chi connectivity index (χ1v) is 7.84. The van der Waals surface area contributed by atoms with Crippen LogP contribution in [0.25, 0.3) is 0 Å². The molecule has 2 rings (SSSR count). The van der Waals surface area contributed by atoms with Gasteiger partial charge in [0.2, 0.25) is 0 Å². The van der Waals surface area contributed by atoms with Crippen molar-refractivity contribution in [3.8, 4) is 0 Å². The number of benzene rings is 1.